The number of aromatic nitrogens is 1. The smallest absolute Gasteiger partial charge is 0.268 e. The minimum atomic E-state index is 0.0203. The van der Waals surface area contributed by atoms with Crippen LogP contribution in [0.25, 0.3) is 10.9 Å². The lowest BCUT2D eigenvalue weighted by Crippen LogP contribution is -2.45. The van der Waals surface area contributed by atoms with E-state index < -0.39 is 0 Å². The molecule has 128 valence electrons. The van der Waals surface area contributed by atoms with E-state index in [9.17, 15) is 4.79 Å². The van der Waals surface area contributed by atoms with Crippen molar-refractivity contribution in [2.24, 2.45) is 7.05 Å². The van der Waals surface area contributed by atoms with Crippen LogP contribution in [0.2, 0.25) is 0 Å². The first kappa shape index (κ1) is 15.7. The number of ether oxygens (including phenoxy) is 1. The quantitative estimate of drug-likeness (QED) is 0.919. The van der Waals surface area contributed by atoms with Crippen LogP contribution in [0.4, 0.5) is 0 Å². The van der Waals surface area contributed by atoms with Crippen LogP contribution < -0.4 is 5.32 Å². The van der Waals surface area contributed by atoms with Crippen molar-refractivity contribution in [2.75, 3.05) is 19.7 Å². The maximum absolute atomic E-state index is 12.8. The number of benzene rings is 1. The van der Waals surface area contributed by atoms with E-state index in [1.165, 1.54) is 5.56 Å². The molecule has 2 aromatic rings. The summed E-state index contributed by atoms with van der Waals surface area (Å²) in [5.74, 6) is 0.0203. The molecule has 1 N–H and O–H groups in total. The number of morpholine rings is 1. The molecule has 1 amide bonds. The van der Waals surface area contributed by atoms with Gasteiger partial charge in [0.05, 0.1) is 18.2 Å². The second kappa shape index (κ2) is 5.90. The van der Waals surface area contributed by atoms with Gasteiger partial charge in [0.15, 0.2) is 0 Å². The number of nitrogens with one attached hydrogen (secondary N) is 1. The molecule has 2 aliphatic heterocycles. The highest BCUT2D eigenvalue weighted by atomic mass is 16.5. The zero-order valence-corrected chi connectivity index (χ0v) is 14.6. The number of nitrogens with zero attached hydrogens (tertiary/aromatic N) is 2. The molecule has 3 atom stereocenters. The van der Waals surface area contributed by atoms with Gasteiger partial charge < -0.3 is 14.6 Å². The standard InChI is InChI=1S/C19H25N3O2/c1-12-5-4-6-14-7-17(21(3)18(12)14)19(23)20-15-8-16-11-24-13(2)9-22(16)10-15/h4-7,13,15-16H,8-11H2,1-3H3,(H,20,23)/t13-,15+,16-/m0/s1. The van der Waals surface area contributed by atoms with Crippen LogP contribution in [0.1, 0.15) is 29.4 Å². The van der Waals surface area contributed by atoms with Gasteiger partial charge in [-0.1, -0.05) is 18.2 Å². The topological polar surface area (TPSA) is 46.5 Å². The van der Waals surface area contributed by atoms with Crippen LogP contribution in [0, 0.1) is 6.92 Å². The van der Waals surface area contributed by atoms with E-state index in [0.29, 0.717) is 6.04 Å². The number of fused-ring (bicyclic) bond motifs is 2. The molecule has 5 heteroatoms. The fourth-order valence-electron chi connectivity index (χ4n) is 4.24. The predicted octanol–water partition coefficient (Wildman–Crippen LogP) is 2.08. The number of para-hydroxylation sites is 1. The van der Waals surface area contributed by atoms with Crippen LogP contribution in [0.5, 0.6) is 0 Å². The normalized spacial score (nSPS) is 27.4. The highest BCUT2D eigenvalue weighted by molar-refractivity contribution is 5.99. The molecule has 0 saturated carbocycles. The largest absolute Gasteiger partial charge is 0.376 e. The third-order valence-electron chi connectivity index (χ3n) is 5.42. The average molecular weight is 327 g/mol. The van der Waals surface area contributed by atoms with Crippen molar-refractivity contribution < 1.29 is 9.53 Å². The molecule has 0 spiro atoms. The molecule has 1 aromatic carbocycles. The Morgan fingerprint density at radius 3 is 2.96 bits per heavy atom. The SMILES string of the molecule is Cc1cccc2cc(C(=O)N[C@@H]3C[C@H]4CO[C@@H](C)CN4C3)n(C)c12. The lowest BCUT2D eigenvalue weighted by Gasteiger charge is -2.33. The summed E-state index contributed by atoms with van der Waals surface area (Å²) in [5.41, 5.74) is 3.06. The molecule has 0 aliphatic carbocycles. The van der Waals surface area contributed by atoms with Crippen molar-refractivity contribution in [3.8, 4) is 0 Å². The summed E-state index contributed by atoms with van der Waals surface area (Å²) in [6, 6.07) is 8.82. The van der Waals surface area contributed by atoms with Gasteiger partial charge >= 0.3 is 0 Å². The van der Waals surface area contributed by atoms with Gasteiger partial charge in [-0.25, -0.2) is 0 Å². The molecule has 24 heavy (non-hydrogen) atoms. The Morgan fingerprint density at radius 1 is 1.33 bits per heavy atom. The highest BCUT2D eigenvalue weighted by Crippen LogP contribution is 2.25. The van der Waals surface area contributed by atoms with Crippen molar-refractivity contribution in [3.05, 3.63) is 35.5 Å². The third kappa shape index (κ3) is 2.62. The number of carbonyl (C=O) groups excluding carboxylic acids is 1. The zero-order chi connectivity index (χ0) is 16.8. The Hall–Kier alpha value is -1.85. The van der Waals surface area contributed by atoms with E-state index in [-0.39, 0.29) is 18.1 Å². The minimum Gasteiger partial charge on any atom is -0.376 e. The van der Waals surface area contributed by atoms with Crippen molar-refractivity contribution in [1.82, 2.24) is 14.8 Å². The van der Waals surface area contributed by atoms with E-state index >= 15 is 0 Å². The van der Waals surface area contributed by atoms with Crippen LogP contribution in [0.15, 0.2) is 24.3 Å². The molecule has 3 heterocycles. The Bertz CT molecular complexity index is 782. The fourth-order valence-corrected chi connectivity index (χ4v) is 4.24. The van der Waals surface area contributed by atoms with Gasteiger partial charge in [0.2, 0.25) is 0 Å². The summed E-state index contributed by atoms with van der Waals surface area (Å²) in [6.07, 6.45) is 1.26. The van der Waals surface area contributed by atoms with Gasteiger partial charge in [0.25, 0.3) is 5.91 Å². The zero-order valence-electron chi connectivity index (χ0n) is 14.6. The predicted molar refractivity (Wildman–Crippen MR) is 94.3 cm³/mol. The highest BCUT2D eigenvalue weighted by Gasteiger charge is 2.37. The average Bonchev–Trinajstić information content (AvgIpc) is 3.08. The molecule has 0 unspecified atom stereocenters. The monoisotopic (exact) mass is 327 g/mol. The molecule has 0 radical (unpaired) electrons. The number of amides is 1. The van der Waals surface area contributed by atoms with Crippen molar-refractivity contribution in [1.29, 1.82) is 0 Å². The number of hydrogen-bond acceptors (Lipinski definition) is 3. The number of carbonyl (C=O) groups is 1. The van der Waals surface area contributed by atoms with Gasteiger partial charge in [-0.3, -0.25) is 9.69 Å². The lowest BCUT2D eigenvalue weighted by atomic mass is 10.1. The van der Waals surface area contributed by atoms with Crippen LogP contribution in [0.3, 0.4) is 0 Å². The van der Waals surface area contributed by atoms with E-state index in [1.54, 1.807) is 0 Å². The third-order valence-corrected chi connectivity index (χ3v) is 5.42. The summed E-state index contributed by atoms with van der Waals surface area (Å²) in [7, 11) is 1.97. The first-order chi connectivity index (χ1) is 11.5. The Morgan fingerprint density at radius 2 is 2.17 bits per heavy atom. The number of aryl methyl sites for hydroxylation is 2. The van der Waals surface area contributed by atoms with Crippen LogP contribution in [-0.2, 0) is 11.8 Å². The Kier molecular flexibility index (Phi) is 3.85. The van der Waals surface area contributed by atoms with Crippen molar-refractivity contribution >= 4 is 16.8 Å². The Balaban J connectivity index is 1.51. The van der Waals surface area contributed by atoms with Crippen molar-refractivity contribution in [3.63, 3.8) is 0 Å². The summed E-state index contributed by atoms with van der Waals surface area (Å²) < 4.78 is 7.75. The summed E-state index contributed by atoms with van der Waals surface area (Å²) in [5, 5.41) is 4.35. The maximum atomic E-state index is 12.8. The van der Waals surface area contributed by atoms with E-state index in [0.717, 1.165) is 42.7 Å². The summed E-state index contributed by atoms with van der Waals surface area (Å²) in [6.45, 7) is 6.86. The van der Waals surface area contributed by atoms with Gasteiger partial charge in [-0.2, -0.15) is 0 Å². The molecule has 2 aliphatic rings. The second-order valence-electron chi connectivity index (χ2n) is 7.26. The number of hydrogen-bond donors (Lipinski definition) is 1. The lowest BCUT2D eigenvalue weighted by molar-refractivity contribution is -0.0390. The van der Waals surface area contributed by atoms with E-state index in [4.69, 9.17) is 4.74 Å². The first-order valence-corrected chi connectivity index (χ1v) is 8.74. The fraction of sp³-hybridized carbons (Fsp3) is 0.526. The molecule has 1 aromatic heterocycles. The molecule has 0 bridgehead atoms. The van der Waals surface area contributed by atoms with Crippen LogP contribution in [-0.4, -0.2) is 53.3 Å². The van der Waals surface area contributed by atoms with Gasteiger partial charge in [0, 0.05) is 37.6 Å². The molecular weight excluding hydrogens is 302 g/mol. The summed E-state index contributed by atoms with van der Waals surface area (Å²) >= 11 is 0. The molecule has 4 rings (SSSR count). The molecule has 2 saturated heterocycles. The minimum absolute atomic E-state index is 0.0203. The first-order valence-electron chi connectivity index (χ1n) is 8.74. The van der Waals surface area contributed by atoms with E-state index in [2.05, 4.69) is 36.2 Å². The second-order valence-corrected chi connectivity index (χ2v) is 7.26. The Labute approximate surface area is 142 Å². The van der Waals surface area contributed by atoms with E-state index in [1.807, 2.05) is 23.7 Å². The maximum Gasteiger partial charge on any atom is 0.268 e. The van der Waals surface area contributed by atoms with Gasteiger partial charge in [0.1, 0.15) is 5.69 Å². The molecule has 2 fully saturated rings. The summed E-state index contributed by atoms with van der Waals surface area (Å²) in [4.78, 5) is 15.2. The number of rotatable bonds is 2. The van der Waals surface area contributed by atoms with Gasteiger partial charge in [-0.15, -0.1) is 0 Å². The molecular formula is C19H25N3O2. The van der Waals surface area contributed by atoms with Crippen LogP contribution >= 0.6 is 0 Å². The van der Waals surface area contributed by atoms with Crippen molar-refractivity contribution in [2.45, 2.75) is 38.5 Å². The molecule has 5 nitrogen and oxygen atoms in total. The van der Waals surface area contributed by atoms with Gasteiger partial charge in [-0.05, 0) is 31.9 Å².